The highest BCUT2D eigenvalue weighted by molar-refractivity contribution is 7.17. The molecule has 0 unspecified atom stereocenters. The van der Waals surface area contributed by atoms with Gasteiger partial charge in [0.05, 0.1) is 10.6 Å². The Kier molecular flexibility index (Phi) is 3.13. The van der Waals surface area contributed by atoms with Crippen molar-refractivity contribution < 1.29 is 0 Å². The molecule has 0 saturated carbocycles. The van der Waals surface area contributed by atoms with E-state index < -0.39 is 0 Å². The summed E-state index contributed by atoms with van der Waals surface area (Å²) in [4.78, 5) is 9.51. The molecule has 0 aromatic carbocycles. The van der Waals surface area contributed by atoms with Crippen LogP contribution in [0.5, 0.6) is 0 Å². The van der Waals surface area contributed by atoms with Gasteiger partial charge in [0.25, 0.3) is 0 Å². The lowest BCUT2D eigenvalue weighted by Crippen LogP contribution is -2.17. The Balaban J connectivity index is 1.88. The molecule has 0 bridgehead atoms. The van der Waals surface area contributed by atoms with E-state index in [1.54, 1.807) is 22.7 Å². The van der Waals surface area contributed by atoms with E-state index in [1.165, 1.54) is 35.7 Å². The number of thiazole rings is 1. The molecule has 3 heterocycles. The summed E-state index contributed by atoms with van der Waals surface area (Å²) in [5, 5.41) is 2.77. The van der Waals surface area contributed by atoms with Crippen LogP contribution in [0.15, 0.2) is 17.5 Å². The van der Waals surface area contributed by atoms with E-state index in [0.717, 1.165) is 12.2 Å². The first-order chi connectivity index (χ1) is 8.33. The van der Waals surface area contributed by atoms with Gasteiger partial charge in [0.15, 0.2) is 5.13 Å². The SMILES string of the molecule is Nc1nc(-c2cccs2)c(CN2CCCC2)s1. The molecule has 3 rings (SSSR count). The maximum Gasteiger partial charge on any atom is 0.180 e. The molecule has 0 amide bonds. The lowest BCUT2D eigenvalue weighted by molar-refractivity contribution is 0.334. The lowest BCUT2D eigenvalue weighted by atomic mass is 10.3. The predicted octanol–water partition coefficient (Wildman–Crippen LogP) is 3.05. The largest absolute Gasteiger partial charge is 0.375 e. The molecule has 5 heteroatoms. The monoisotopic (exact) mass is 265 g/mol. The average molecular weight is 265 g/mol. The Morgan fingerprint density at radius 3 is 2.88 bits per heavy atom. The minimum Gasteiger partial charge on any atom is -0.375 e. The van der Waals surface area contributed by atoms with Crippen molar-refractivity contribution in [2.24, 2.45) is 0 Å². The summed E-state index contributed by atoms with van der Waals surface area (Å²) in [5.74, 6) is 0. The zero-order valence-electron chi connectivity index (χ0n) is 9.56. The third kappa shape index (κ3) is 2.36. The summed E-state index contributed by atoms with van der Waals surface area (Å²) in [7, 11) is 0. The summed E-state index contributed by atoms with van der Waals surface area (Å²) < 4.78 is 0. The van der Waals surface area contributed by atoms with Gasteiger partial charge < -0.3 is 5.73 Å². The third-order valence-corrected chi connectivity index (χ3v) is 4.78. The van der Waals surface area contributed by atoms with E-state index in [2.05, 4.69) is 27.4 Å². The van der Waals surface area contributed by atoms with E-state index in [-0.39, 0.29) is 0 Å². The first kappa shape index (κ1) is 11.2. The van der Waals surface area contributed by atoms with Gasteiger partial charge in [0.2, 0.25) is 0 Å². The number of hydrogen-bond acceptors (Lipinski definition) is 5. The second-order valence-electron chi connectivity index (χ2n) is 4.28. The molecular formula is C12H15N3S2. The molecule has 2 aromatic rings. The fraction of sp³-hybridized carbons (Fsp3) is 0.417. The van der Waals surface area contributed by atoms with Gasteiger partial charge in [-0.15, -0.1) is 22.7 Å². The van der Waals surface area contributed by atoms with Crippen LogP contribution >= 0.6 is 22.7 Å². The highest BCUT2D eigenvalue weighted by atomic mass is 32.1. The molecule has 0 atom stereocenters. The second-order valence-corrected chi connectivity index (χ2v) is 6.35. The molecule has 1 aliphatic heterocycles. The molecule has 2 N–H and O–H groups in total. The first-order valence-electron chi connectivity index (χ1n) is 5.84. The zero-order valence-corrected chi connectivity index (χ0v) is 11.2. The summed E-state index contributed by atoms with van der Waals surface area (Å²) in [6.45, 7) is 3.42. The maximum absolute atomic E-state index is 5.85. The smallest absolute Gasteiger partial charge is 0.180 e. The summed E-state index contributed by atoms with van der Waals surface area (Å²) in [6, 6.07) is 4.18. The Morgan fingerprint density at radius 1 is 1.35 bits per heavy atom. The number of nitrogen functional groups attached to an aromatic ring is 1. The van der Waals surface area contributed by atoms with Gasteiger partial charge in [-0.25, -0.2) is 4.98 Å². The topological polar surface area (TPSA) is 42.1 Å². The van der Waals surface area contributed by atoms with Crippen LogP contribution in [0.1, 0.15) is 17.7 Å². The van der Waals surface area contributed by atoms with Crippen molar-refractivity contribution in [3.8, 4) is 10.6 Å². The molecule has 3 nitrogen and oxygen atoms in total. The number of nitrogens with zero attached hydrogens (tertiary/aromatic N) is 2. The van der Waals surface area contributed by atoms with Crippen molar-refractivity contribution in [2.75, 3.05) is 18.8 Å². The van der Waals surface area contributed by atoms with Crippen molar-refractivity contribution in [1.29, 1.82) is 0 Å². The standard InChI is InChI=1S/C12H15N3S2/c13-12-14-11(9-4-3-7-16-9)10(17-12)8-15-5-1-2-6-15/h3-4,7H,1-2,5-6,8H2,(H2,13,14). The van der Waals surface area contributed by atoms with Crippen molar-refractivity contribution >= 4 is 27.8 Å². The van der Waals surface area contributed by atoms with Gasteiger partial charge in [0.1, 0.15) is 0 Å². The van der Waals surface area contributed by atoms with E-state index in [4.69, 9.17) is 5.73 Å². The number of aromatic nitrogens is 1. The van der Waals surface area contributed by atoms with Gasteiger partial charge in [-0.05, 0) is 37.4 Å². The van der Waals surface area contributed by atoms with Crippen LogP contribution in [0.4, 0.5) is 5.13 Å². The summed E-state index contributed by atoms with van der Waals surface area (Å²) in [6.07, 6.45) is 2.64. The van der Waals surface area contributed by atoms with Crippen LogP contribution in [0.3, 0.4) is 0 Å². The van der Waals surface area contributed by atoms with Crippen molar-refractivity contribution in [2.45, 2.75) is 19.4 Å². The van der Waals surface area contributed by atoms with Crippen LogP contribution in [0, 0.1) is 0 Å². The summed E-state index contributed by atoms with van der Waals surface area (Å²) >= 11 is 3.36. The first-order valence-corrected chi connectivity index (χ1v) is 7.54. The van der Waals surface area contributed by atoms with E-state index in [9.17, 15) is 0 Å². The highest BCUT2D eigenvalue weighted by Crippen LogP contribution is 2.33. The maximum atomic E-state index is 5.85. The Labute approximate surface area is 109 Å². The zero-order chi connectivity index (χ0) is 11.7. The molecule has 1 aliphatic rings. The molecule has 90 valence electrons. The molecule has 2 aromatic heterocycles. The fourth-order valence-electron chi connectivity index (χ4n) is 2.23. The van der Waals surface area contributed by atoms with E-state index in [0.29, 0.717) is 5.13 Å². The predicted molar refractivity (Wildman–Crippen MR) is 74.4 cm³/mol. The molecule has 1 fully saturated rings. The van der Waals surface area contributed by atoms with E-state index >= 15 is 0 Å². The quantitative estimate of drug-likeness (QED) is 0.927. The normalized spacial score (nSPS) is 16.7. The molecule has 0 spiro atoms. The van der Waals surface area contributed by atoms with Crippen LogP contribution in [-0.4, -0.2) is 23.0 Å². The number of thiophene rings is 1. The highest BCUT2D eigenvalue weighted by Gasteiger charge is 2.18. The van der Waals surface area contributed by atoms with Gasteiger partial charge in [-0.2, -0.15) is 0 Å². The fourth-order valence-corrected chi connectivity index (χ4v) is 3.92. The molecule has 17 heavy (non-hydrogen) atoms. The van der Waals surface area contributed by atoms with Crippen LogP contribution < -0.4 is 5.73 Å². The molecular weight excluding hydrogens is 250 g/mol. The molecule has 0 radical (unpaired) electrons. The number of hydrogen-bond donors (Lipinski definition) is 1. The van der Waals surface area contributed by atoms with Crippen LogP contribution in [0.25, 0.3) is 10.6 Å². The molecule has 1 saturated heterocycles. The minimum atomic E-state index is 0.683. The number of rotatable bonds is 3. The Morgan fingerprint density at radius 2 is 2.18 bits per heavy atom. The van der Waals surface area contributed by atoms with Crippen LogP contribution in [0.2, 0.25) is 0 Å². The van der Waals surface area contributed by atoms with Crippen LogP contribution in [-0.2, 0) is 6.54 Å². The van der Waals surface area contributed by atoms with Gasteiger partial charge >= 0.3 is 0 Å². The number of anilines is 1. The second kappa shape index (κ2) is 4.76. The Bertz CT molecular complexity index is 484. The van der Waals surface area contributed by atoms with E-state index in [1.807, 2.05) is 0 Å². The van der Waals surface area contributed by atoms with Gasteiger partial charge in [-0.1, -0.05) is 6.07 Å². The molecule has 0 aliphatic carbocycles. The minimum absolute atomic E-state index is 0.683. The number of likely N-dealkylation sites (tertiary alicyclic amines) is 1. The Hall–Kier alpha value is -0.910. The average Bonchev–Trinajstić information content (AvgIpc) is 3.00. The van der Waals surface area contributed by atoms with Crippen molar-refractivity contribution in [3.05, 3.63) is 22.4 Å². The summed E-state index contributed by atoms with van der Waals surface area (Å²) in [5.41, 5.74) is 6.95. The lowest BCUT2D eigenvalue weighted by Gasteiger charge is -2.13. The van der Waals surface area contributed by atoms with Gasteiger partial charge in [0, 0.05) is 11.4 Å². The number of nitrogens with two attached hydrogens (primary N) is 1. The van der Waals surface area contributed by atoms with Crippen molar-refractivity contribution in [1.82, 2.24) is 9.88 Å². The van der Waals surface area contributed by atoms with Gasteiger partial charge in [-0.3, -0.25) is 4.90 Å². The van der Waals surface area contributed by atoms with Crippen molar-refractivity contribution in [3.63, 3.8) is 0 Å². The third-order valence-electron chi connectivity index (χ3n) is 3.03.